The van der Waals surface area contributed by atoms with Crippen molar-refractivity contribution >= 4 is 23.7 Å². The number of carbonyl (C=O) groups is 4. The van der Waals surface area contributed by atoms with Crippen molar-refractivity contribution in [3.63, 3.8) is 0 Å². The van der Waals surface area contributed by atoms with Gasteiger partial charge in [0.2, 0.25) is 11.8 Å². The maximum absolute atomic E-state index is 13.8. The molecule has 0 saturated carbocycles. The second kappa shape index (κ2) is 13.3. The van der Waals surface area contributed by atoms with Gasteiger partial charge in [-0.2, -0.15) is 5.10 Å². The zero-order chi connectivity index (χ0) is 31.3. The molecule has 44 heavy (non-hydrogen) atoms. The summed E-state index contributed by atoms with van der Waals surface area (Å²) in [5, 5.41) is 19.6. The minimum atomic E-state index is -1.14. The van der Waals surface area contributed by atoms with Crippen LogP contribution in [0.25, 0.3) is 0 Å². The van der Waals surface area contributed by atoms with Gasteiger partial charge in [0.15, 0.2) is 0 Å². The van der Waals surface area contributed by atoms with E-state index in [9.17, 15) is 24.3 Å². The molecule has 11 heteroatoms. The number of likely N-dealkylation sites (tertiary alicyclic amines) is 1. The smallest absolute Gasteiger partial charge is 0.326 e. The number of ether oxygens (including phenoxy) is 1. The number of nitrogens with one attached hydrogen (secondary N) is 2. The first-order valence-corrected chi connectivity index (χ1v) is 15.2. The van der Waals surface area contributed by atoms with Crippen LogP contribution in [0.2, 0.25) is 0 Å². The van der Waals surface area contributed by atoms with E-state index < -0.39 is 23.3 Å². The number of aliphatic carboxylic acids is 1. The summed E-state index contributed by atoms with van der Waals surface area (Å²) in [7, 11) is 0. The molecule has 3 aromatic rings. The summed E-state index contributed by atoms with van der Waals surface area (Å²) in [6, 6.07) is 13.6. The number of rotatable bonds is 4. The number of nitrogens with zero attached hydrogens (tertiary/aromatic N) is 3. The number of hydrogen-bond acceptors (Lipinski definition) is 6. The van der Waals surface area contributed by atoms with Crippen molar-refractivity contribution in [1.29, 1.82) is 0 Å². The summed E-state index contributed by atoms with van der Waals surface area (Å²) in [4.78, 5) is 53.6. The molecule has 1 saturated heterocycles. The third-order valence-electron chi connectivity index (χ3n) is 8.57. The molecule has 0 radical (unpaired) electrons. The van der Waals surface area contributed by atoms with Gasteiger partial charge in [-0.25, -0.2) is 4.79 Å². The van der Waals surface area contributed by atoms with E-state index in [4.69, 9.17) is 4.74 Å². The zero-order valence-corrected chi connectivity index (χ0v) is 25.2. The van der Waals surface area contributed by atoms with E-state index in [0.29, 0.717) is 49.4 Å². The predicted octanol–water partition coefficient (Wildman–Crippen LogP) is 3.49. The van der Waals surface area contributed by atoms with Crippen LogP contribution in [0.5, 0.6) is 11.5 Å². The molecule has 2 aromatic carbocycles. The fraction of sp³-hybridized carbons (Fsp3) is 0.424. The van der Waals surface area contributed by atoms with E-state index in [1.54, 1.807) is 35.4 Å². The number of piperidine rings is 1. The number of benzene rings is 2. The fourth-order valence-electron chi connectivity index (χ4n) is 6.00. The summed E-state index contributed by atoms with van der Waals surface area (Å²) < 4.78 is 7.93. The highest BCUT2D eigenvalue weighted by Crippen LogP contribution is 2.37. The number of carboxylic acid groups (broad SMARTS) is 1. The summed E-state index contributed by atoms with van der Waals surface area (Å²) >= 11 is 0. The van der Waals surface area contributed by atoms with Crippen molar-refractivity contribution in [2.45, 2.75) is 65.0 Å². The number of aryl methyl sites for hydroxylation is 1. The lowest BCUT2D eigenvalue weighted by Crippen LogP contribution is -2.52. The van der Waals surface area contributed by atoms with Gasteiger partial charge >= 0.3 is 5.97 Å². The van der Waals surface area contributed by atoms with Crippen LogP contribution in [0.1, 0.15) is 59.8 Å². The van der Waals surface area contributed by atoms with Crippen LogP contribution >= 0.6 is 0 Å². The number of carboxylic acids is 1. The molecule has 3 N–H and O–H groups in total. The average molecular weight is 602 g/mol. The van der Waals surface area contributed by atoms with E-state index in [1.165, 1.54) is 0 Å². The normalized spacial score (nSPS) is 19.0. The van der Waals surface area contributed by atoms with Gasteiger partial charge in [0.05, 0.1) is 17.2 Å². The summed E-state index contributed by atoms with van der Waals surface area (Å²) in [6.07, 6.45) is 3.90. The molecular formula is C33H39N5O6. The third-order valence-corrected chi connectivity index (χ3v) is 8.57. The molecule has 3 aliphatic rings. The summed E-state index contributed by atoms with van der Waals surface area (Å²) in [5.41, 5.74) is 2.26. The third kappa shape index (κ3) is 6.93. The van der Waals surface area contributed by atoms with Crippen molar-refractivity contribution in [3.05, 3.63) is 77.1 Å². The van der Waals surface area contributed by atoms with Gasteiger partial charge in [-0.3, -0.25) is 19.1 Å². The van der Waals surface area contributed by atoms with E-state index in [2.05, 4.69) is 22.7 Å². The van der Waals surface area contributed by atoms with Gasteiger partial charge in [-0.15, -0.1) is 0 Å². The highest BCUT2D eigenvalue weighted by molar-refractivity contribution is 5.95. The maximum atomic E-state index is 13.8. The summed E-state index contributed by atoms with van der Waals surface area (Å²) in [6.45, 7) is 5.56. The van der Waals surface area contributed by atoms with Crippen LogP contribution in [0, 0.1) is 12.3 Å². The molecule has 4 bridgehead atoms. The first-order valence-electron chi connectivity index (χ1n) is 15.2. The summed E-state index contributed by atoms with van der Waals surface area (Å²) in [5.74, 6) is -0.677. The minimum Gasteiger partial charge on any atom is -0.480 e. The van der Waals surface area contributed by atoms with Crippen molar-refractivity contribution in [1.82, 2.24) is 25.3 Å². The van der Waals surface area contributed by atoms with Gasteiger partial charge in [0.25, 0.3) is 5.91 Å². The van der Waals surface area contributed by atoms with Crippen LogP contribution < -0.4 is 15.4 Å². The SMILES string of the molecule is CCCn1ncc(C(=O)N2CCC3(CC2)Cc2cccc(c2)Oc2ccc(cc2)C[C@@H](C(=O)O)NC(=O)CCNC3=O)c1C. The number of aromatic nitrogens is 2. The Bertz CT molecular complexity index is 1520. The standard InChI is InChI=1S/C33H39N5O6/c1-3-15-38-22(2)27(21-35-38)30(40)37-16-12-33(13-17-37)20-24-5-4-6-26(18-24)44-25-9-7-23(8-10-25)19-28(31(41)42)36-29(39)11-14-34-32(33)43/h4-10,18,21,28H,3,11-17,19-20H2,1-2H3,(H,34,43)(H,36,39)(H,41,42)/t28-/m0/s1. The number of fused-ring (bicyclic) bond motifs is 9. The van der Waals surface area contributed by atoms with Gasteiger partial charge in [-0.1, -0.05) is 31.2 Å². The largest absolute Gasteiger partial charge is 0.480 e. The van der Waals surface area contributed by atoms with Gasteiger partial charge in [0.1, 0.15) is 17.5 Å². The quantitative estimate of drug-likeness (QED) is 0.416. The Labute approximate surface area is 256 Å². The Morgan fingerprint density at radius 3 is 2.52 bits per heavy atom. The Balaban J connectivity index is 1.38. The van der Waals surface area contributed by atoms with E-state index in [1.807, 2.05) is 35.9 Å². The van der Waals surface area contributed by atoms with Crippen molar-refractivity contribution in [2.75, 3.05) is 19.6 Å². The van der Waals surface area contributed by atoms with Crippen molar-refractivity contribution < 1.29 is 29.0 Å². The predicted molar refractivity (Wildman–Crippen MR) is 162 cm³/mol. The van der Waals surface area contributed by atoms with Crippen LogP contribution in [-0.4, -0.2) is 69.2 Å². The molecular weight excluding hydrogens is 562 g/mol. The Morgan fingerprint density at radius 2 is 1.82 bits per heavy atom. The molecule has 6 rings (SSSR count). The van der Waals surface area contributed by atoms with Crippen LogP contribution in [-0.2, 0) is 33.8 Å². The second-order valence-corrected chi connectivity index (χ2v) is 11.7. The molecule has 1 spiro atoms. The number of amides is 3. The first-order chi connectivity index (χ1) is 21.2. The molecule has 1 fully saturated rings. The minimum absolute atomic E-state index is 0.0561. The van der Waals surface area contributed by atoms with Crippen LogP contribution in [0.4, 0.5) is 0 Å². The second-order valence-electron chi connectivity index (χ2n) is 11.7. The molecule has 0 unspecified atom stereocenters. The Morgan fingerprint density at radius 1 is 1.07 bits per heavy atom. The molecule has 232 valence electrons. The van der Waals surface area contributed by atoms with E-state index in [0.717, 1.165) is 29.8 Å². The maximum Gasteiger partial charge on any atom is 0.326 e. The fourth-order valence-corrected chi connectivity index (χ4v) is 6.00. The lowest BCUT2D eigenvalue weighted by atomic mass is 9.72. The molecule has 11 nitrogen and oxygen atoms in total. The highest BCUT2D eigenvalue weighted by atomic mass is 16.5. The average Bonchev–Trinajstić information content (AvgIpc) is 3.37. The lowest BCUT2D eigenvalue weighted by molar-refractivity contribution is -0.142. The van der Waals surface area contributed by atoms with Gasteiger partial charge in [-0.05, 0) is 68.0 Å². The van der Waals surface area contributed by atoms with Crippen LogP contribution in [0.15, 0.2) is 54.7 Å². The lowest BCUT2D eigenvalue weighted by Gasteiger charge is -2.41. The van der Waals surface area contributed by atoms with E-state index in [-0.39, 0.29) is 31.2 Å². The Hall–Kier alpha value is -4.67. The molecule has 3 amide bonds. The first kappa shape index (κ1) is 30.8. The Kier molecular flexibility index (Phi) is 9.32. The molecule has 1 atom stereocenters. The monoisotopic (exact) mass is 601 g/mol. The molecule has 1 aromatic heterocycles. The van der Waals surface area contributed by atoms with Gasteiger partial charge in [0, 0.05) is 44.7 Å². The zero-order valence-electron chi connectivity index (χ0n) is 25.2. The number of carbonyl (C=O) groups excluding carboxylic acids is 3. The molecule has 4 heterocycles. The number of hydrogen-bond donors (Lipinski definition) is 3. The van der Waals surface area contributed by atoms with Crippen molar-refractivity contribution in [3.8, 4) is 11.5 Å². The van der Waals surface area contributed by atoms with Crippen molar-refractivity contribution in [2.24, 2.45) is 5.41 Å². The molecule has 3 aliphatic heterocycles. The van der Waals surface area contributed by atoms with Crippen LogP contribution in [0.3, 0.4) is 0 Å². The highest BCUT2D eigenvalue weighted by Gasteiger charge is 2.42. The molecule has 0 aliphatic carbocycles. The topological polar surface area (TPSA) is 143 Å². The van der Waals surface area contributed by atoms with E-state index >= 15 is 0 Å². The van der Waals surface area contributed by atoms with Gasteiger partial charge < -0.3 is 25.4 Å².